The molecular formula is C18H16BrNO. The Morgan fingerprint density at radius 2 is 1.95 bits per heavy atom. The van der Waals surface area contributed by atoms with Crippen LogP contribution in [0.3, 0.4) is 0 Å². The monoisotopic (exact) mass is 341 g/mol. The van der Waals surface area contributed by atoms with Crippen molar-refractivity contribution in [3.8, 4) is 12.3 Å². The smallest absolute Gasteiger partial charge is 0.254 e. The van der Waals surface area contributed by atoms with Crippen LogP contribution in [0.2, 0.25) is 0 Å². The number of hydrogen-bond acceptors (Lipinski definition) is 1. The molecule has 0 spiro atoms. The van der Waals surface area contributed by atoms with E-state index in [1.54, 1.807) is 4.90 Å². The van der Waals surface area contributed by atoms with E-state index in [0.29, 0.717) is 18.0 Å². The number of rotatable bonds is 4. The third kappa shape index (κ3) is 3.28. The molecule has 2 aromatic carbocycles. The lowest BCUT2D eigenvalue weighted by molar-refractivity contribution is 0.0770. The minimum Gasteiger partial charge on any atom is -0.327 e. The third-order valence-corrected chi connectivity index (χ3v) is 4.29. The number of terminal acetylenes is 1. The van der Waals surface area contributed by atoms with Crippen LogP contribution in [0.1, 0.15) is 23.2 Å². The van der Waals surface area contributed by atoms with E-state index >= 15 is 0 Å². The molecule has 0 radical (unpaired) electrons. The number of benzene rings is 2. The SMILES string of the molecule is C#CCN(CC1CC1)C(=O)c1ccc2cc(Br)ccc2c1. The van der Waals surface area contributed by atoms with E-state index in [1.165, 1.54) is 12.8 Å². The highest BCUT2D eigenvalue weighted by Crippen LogP contribution is 2.30. The predicted molar refractivity (Wildman–Crippen MR) is 89.1 cm³/mol. The van der Waals surface area contributed by atoms with Crippen molar-refractivity contribution in [3.63, 3.8) is 0 Å². The fraction of sp³-hybridized carbons (Fsp3) is 0.278. The number of nitrogens with zero attached hydrogens (tertiary/aromatic N) is 1. The zero-order chi connectivity index (χ0) is 14.8. The van der Waals surface area contributed by atoms with E-state index in [1.807, 2.05) is 36.4 Å². The maximum Gasteiger partial charge on any atom is 0.254 e. The first-order chi connectivity index (χ1) is 10.2. The molecule has 0 atom stereocenters. The number of amides is 1. The van der Waals surface area contributed by atoms with Crippen LogP contribution in [0.5, 0.6) is 0 Å². The molecule has 0 aromatic heterocycles. The molecule has 1 aliphatic carbocycles. The molecule has 0 bridgehead atoms. The average molecular weight is 342 g/mol. The van der Waals surface area contributed by atoms with Crippen LogP contribution in [-0.4, -0.2) is 23.9 Å². The van der Waals surface area contributed by atoms with Crippen molar-refractivity contribution >= 4 is 32.6 Å². The number of carbonyl (C=O) groups excluding carboxylic acids is 1. The van der Waals surface area contributed by atoms with E-state index < -0.39 is 0 Å². The highest BCUT2D eigenvalue weighted by Gasteiger charge is 2.26. The van der Waals surface area contributed by atoms with Crippen molar-refractivity contribution in [3.05, 3.63) is 46.4 Å². The van der Waals surface area contributed by atoms with Crippen molar-refractivity contribution in [1.29, 1.82) is 0 Å². The molecule has 3 rings (SSSR count). The Morgan fingerprint density at radius 3 is 2.67 bits per heavy atom. The molecule has 1 fully saturated rings. The summed E-state index contributed by atoms with van der Waals surface area (Å²) in [7, 11) is 0. The quantitative estimate of drug-likeness (QED) is 0.767. The summed E-state index contributed by atoms with van der Waals surface area (Å²) in [5.74, 6) is 3.26. The maximum atomic E-state index is 12.6. The highest BCUT2D eigenvalue weighted by atomic mass is 79.9. The van der Waals surface area contributed by atoms with Crippen molar-refractivity contribution < 1.29 is 4.79 Å². The summed E-state index contributed by atoms with van der Waals surface area (Å²) in [5.41, 5.74) is 0.709. The molecule has 3 heteroatoms. The molecule has 106 valence electrons. The Morgan fingerprint density at radius 1 is 1.24 bits per heavy atom. The van der Waals surface area contributed by atoms with Crippen LogP contribution >= 0.6 is 15.9 Å². The first-order valence-electron chi connectivity index (χ1n) is 7.09. The lowest BCUT2D eigenvalue weighted by Gasteiger charge is -2.20. The van der Waals surface area contributed by atoms with Crippen molar-refractivity contribution in [2.45, 2.75) is 12.8 Å². The molecule has 0 unspecified atom stereocenters. The number of halogens is 1. The summed E-state index contributed by atoms with van der Waals surface area (Å²) < 4.78 is 1.04. The number of hydrogen-bond donors (Lipinski definition) is 0. The average Bonchev–Trinajstić information content (AvgIpc) is 3.29. The van der Waals surface area contributed by atoms with E-state index in [9.17, 15) is 4.79 Å². The van der Waals surface area contributed by atoms with Crippen LogP contribution in [0.15, 0.2) is 40.9 Å². The predicted octanol–water partition coefficient (Wildman–Crippen LogP) is 4.09. The van der Waals surface area contributed by atoms with Gasteiger partial charge in [-0.3, -0.25) is 4.79 Å². The molecule has 2 aromatic rings. The van der Waals surface area contributed by atoms with Crippen LogP contribution in [-0.2, 0) is 0 Å². The summed E-state index contributed by atoms with van der Waals surface area (Å²) in [5, 5.41) is 2.18. The van der Waals surface area contributed by atoms with Gasteiger partial charge in [0.1, 0.15) is 0 Å². The van der Waals surface area contributed by atoms with Gasteiger partial charge in [0.2, 0.25) is 0 Å². The summed E-state index contributed by atoms with van der Waals surface area (Å²) in [4.78, 5) is 14.4. The molecule has 0 heterocycles. The van der Waals surface area contributed by atoms with Gasteiger partial charge in [0.05, 0.1) is 6.54 Å². The lowest BCUT2D eigenvalue weighted by Crippen LogP contribution is -2.33. The molecule has 0 N–H and O–H groups in total. The minimum absolute atomic E-state index is 0.0321. The second-order valence-electron chi connectivity index (χ2n) is 5.54. The molecular weight excluding hydrogens is 326 g/mol. The van der Waals surface area contributed by atoms with Gasteiger partial charge in [-0.1, -0.05) is 34.0 Å². The minimum atomic E-state index is 0.0321. The molecule has 2 nitrogen and oxygen atoms in total. The first kappa shape index (κ1) is 14.2. The molecule has 1 amide bonds. The standard InChI is InChI=1S/C18H16BrNO/c1-2-9-20(12-13-3-4-13)18(21)16-6-5-15-11-17(19)8-7-14(15)10-16/h1,5-8,10-11,13H,3-4,9,12H2. The highest BCUT2D eigenvalue weighted by molar-refractivity contribution is 9.10. The topological polar surface area (TPSA) is 20.3 Å². The first-order valence-corrected chi connectivity index (χ1v) is 7.89. The molecule has 1 saturated carbocycles. The number of carbonyl (C=O) groups is 1. The second kappa shape index (κ2) is 5.91. The van der Waals surface area contributed by atoms with Crippen LogP contribution < -0.4 is 0 Å². The largest absolute Gasteiger partial charge is 0.327 e. The van der Waals surface area contributed by atoms with Gasteiger partial charge in [0.25, 0.3) is 5.91 Å². The zero-order valence-electron chi connectivity index (χ0n) is 11.7. The summed E-state index contributed by atoms with van der Waals surface area (Å²) in [6.45, 7) is 1.16. The van der Waals surface area contributed by atoms with Crippen LogP contribution in [0.4, 0.5) is 0 Å². The van der Waals surface area contributed by atoms with E-state index in [-0.39, 0.29) is 5.91 Å². The van der Waals surface area contributed by atoms with E-state index in [0.717, 1.165) is 21.8 Å². The fourth-order valence-electron chi connectivity index (χ4n) is 2.47. The van der Waals surface area contributed by atoms with Crippen LogP contribution in [0, 0.1) is 18.3 Å². The summed E-state index contributed by atoms with van der Waals surface area (Å²) in [6.07, 6.45) is 7.82. The van der Waals surface area contributed by atoms with Crippen LogP contribution in [0.25, 0.3) is 10.8 Å². The third-order valence-electron chi connectivity index (χ3n) is 3.79. The summed E-state index contributed by atoms with van der Waals surface area (Å²) >= 11 is 3.46. The Balaban J connectivity index is 1.88. The Bertz CT molecular complexity index is 728. The Hall–Kier alpha value is -1.79. The van der Waals surface area contributed by atoms with Crippen molar-refractivity contribution in [2.75, 3.05) is 13.1 Å². The summed E-state index contributed by atoms with van der Waals surface area (Å²) in [6, 6.07) is 11.9. The maximum absolute atomic E-state index is 12.6. The number of fused-ring (bicyclic) bond motifs is 1. The Kier molecular flexibility index (Phi) is 3.98. The van der Waals surface area contributed by atoms with Gasteiger partial charge in [-0.15, -0.1) is 6.42 Å². The Labute approximate surface area is 133 Å². The van der Waals surface area contributed by atoms with Crippen molar-refractivity contribution in [2.24, 2.45) is 5.92 Å². The van der Waals surface area contributed by atoms with Gasteiger partial charge in [-0.2, -0.15) is 0 Å². The second-order valence-corrected chi connectivity index (χ2v) is 6.46. The molecule has 0 saturated heterocycles. The van der Waals surface area contributed by atoms with Gasteiger partial charge in [-0.25, -0.2) is 0 Å². The lowest BCUT2D eigenvalue weighted by atomic mass is 10.1. The zero-order valence-corrected chi connectivity index (χ0v) is 13.3. The van der Waals surface area contributed by atoms with Gasteiger partial charge >= 0.3 is 0 Å². The van der Waals surface area contributed by atoms with E-state index in [2.05, 4.69) is 21.9 Å². The fourth-order valence-corrected chi connectivity index (χ4v) is 2.85. The van der Waals surface area contributed by atoms with Gasteiger partial charge in [0, 0.05) is 16.6 Å². The molecule has 21 heavy (non-hydrogen) atoms. The van der Waals surface area contributed by atoms with E-state index in [4.69, 9.17) is 6.42 Å². The van der Waals surface area contributed by atoms with Gasteiger partial charge in [-0.05, 0) is 53.8 Å². The van der Waals surface area contributed by atoms with Gasteiger partial charge < -0.3 is 4.90 Å². The van der Waals surface area contributed by atoms with Gasteiger partial charge in [0.15, 0.2) is 0 Å². The molecule has 0 aliphatic heterocycles. The molecule has 1 aliphatic rings. The normalized spacial score (nSPS) is 13.9. The van der Waals surface area contributed by atoms with Crippen molar-refractivity contribution in [1.82, 2.24) is 4.90 Å².